The summed E-state index contributed by atoms with van der Waals surface area (Å²) in [6.07, 6.45) is 0.476. The first-order chi connectivity index (χ1) is 16.2. The van der Waals surface area contributed by atoms with E-state index in [0.717, 1.165) is 4.90 Å². The van der Waals surface area contributed by atoms with E-state index in [0.29, 0.717) is 16.9 Å². The van der Waals surface area contributed by atoms with Crippen LogP contribution in [0.25, 0.3) is 11.0 Å². The molecule has 1 aromatic carbocycles. The van der Waals surface area contributed by atoms with E-state index >= 15 is 0 Å². The lowest BCUT2D eigenvalue weighted by atomic mass is 9.36. The van der Waals surface area contributed by atoms with Gasteiger partial charge >= 0.3 is 5.97 Å². The number of aliphatic carboxylic acids is 1. The number of nitrogens with one attached hydrogen (secondary N) is 1. The largest absolute Gasteiger partial charge is 0.480 e. The van der Waals surface area contributed by atoms with Crippen LogP contribution in [0.4, 0.5) is 5.69 Å². The maximum Gasteiger partial charge on any atom is 0.322 e. The number of benzene rings is 1. The highest BCUT2D eigenvalue weighted by Crippen LogP contribution is 2.39. The van der Waals surface area contributed by atoms with Crippen LogP contribution in [-0.2, 0) is 23.1 Å². The molecule has 0 aliphatic carbocycles. The van der Waals surface area contributed by atoms with Crippen LogP contribution in [0.1, 0.15) is 12.2 Å². The van der Waals surface area contributed by atoms with Crippen molar-refractivity contribution in [2.24, 2.45) is 12.8 Å². The molecule has 36 heavy (non-hydrogen) atoms. The third kappa shape index (κ3) is 6.30. The van der Waals surface area contributed by atoms with Gasteiger partial charge in [-0.15, -0.1) is 23.2 Å². The minimum absolute atomic E-state index is 0.133. The van der Waals surface area contributed by atoms with Crippen LogP contribution in [0.3, 0.4) is 0 Å². The molecule has 0 spiro atoms. The molecule has 1 amide bonds. The fourth-order valence-corrected chi connectivity index (χ4v) is 3.56. The van der Waals surface area contributed by atoms with Crippen LogP contribution < -0.4 is 16.0 Å². The molecular weight excluding hydrogens is 492 g/mol. The second kappa shape index (κ2) is 10.7. The number of hydrogen-bond acceptors (Lipinski definition) is 5. The monoisotopic (exact) mass is 509 g/mol. The van der Waals surface area contributed by atoms with E-state index in [1.54, 1.807) is 17.7 Å². The van der Waals surface area contributed by atoms with Crippen molar-refractivity contribution >= 4 is 115 Å². The number of carbonyl (C=O) groups is 2. The molecule has 0 saturated heterocycles. The number of halogens is 2. The van der Waals surface area contributed by atoms with Gasteiger partial charge in [0.1, 0.15) is 12.4 Å². The molecule has 0 bridgehead atoms. The number of nitrogens with zero attached hydrogens (tertiary/aromatic N) is 3. The maximum atomic E-state index is 12.0. The number of fused-ring (bicyclic) bond motifs is 1. The average molecular weight is 509 g/mol. The van der Waals surface area contributed by atoms with Crippen molar-refractivity contribution in [2.45, 2.75) is 38.9 Å². The van der Waals surface area contributed by atoms with Gasteiger partial charge in [0.15, 0.2) is 0 Å². The fraction of sp³-hybridized carbons (Fsp3) is 0.500. The number of rotatable bonds is 11. The molecule has 0 aliphatic heterocycles. The fourth-order valence-electron chi connectivity index (χ4n) is 3.39. The van der Waals surface area contributed by atoms with Crippen molar-refractivity contribution in [1.82, 2.24) is 14.9 Å². The quantitative estimate of drug-likeness (QED) is 0.225. The second-order valence-corrected chi connectivity index (χ2v) is 9.79. The first-order valence-electron chi connectivity index (χ1n) is 10.4. The topological polar surface area (TPSA) is 113 Å². The number of anilines is 1. The van der Waals surface area contributed by atoms with Crippen molar-refractivity contribution < 1.29 is 14.7 Å². The molecule has 0 saturated carbocycles. The lowest BCUT2D eigenvalue weighted by Crippen LogP contribution is -2.76. The van der Waals surface area contributed by atoms with Crippen LogP contribution in [-0.4, -0.2) is 122 Å². The van der Waals surface area contributed by atoms with Crippen LogP contribution >= 0.6 is 23.2 Å². The number of aryl methyl sites for hydroxylation is 2. The first kappa shape index (κ1) is 30.7. The lowest BCUT2D eigenvalue weighted by Gasteiger charge is -2.61. The molecule has 4 N–H and O–H groups in total. The van der Waals surface area contributed by atoms with Crippen LogP contribution in [0.5, 0.6) is 0 Å². The van der Waals surface area contributed by atoms with Crippen molar-refractivity contribution in [2.75, 3.05) is 11.4 Å². The Balaban J connectivity index is 2.45. The smallest absolute Gasteiger partial charge is 0.322 e. The number of aromatic nitrogens is 2. The highest BCUT2D eigenvalue weighted by atomic mass is 35.5. The highest BCUT2D eigenvalue weighted by molar-refractivity contribution is 6.73. The molecule has 2 rings (SSSR count). The molecule has 2 aromatic rings. The number of carbonyl (C=O) groups excluding carboxylic acids is 1. The predicted octanol–water partition coefficient (Wildman–Crippen LogP) is -2.72. The Bertz CT molecular complexity index is 1110. The Morgan fingerprint density at radius 1 is 1.11 bits per heavy atom. The Hall–Kier alpha value is -1.51. The molecule has 0 aliphatic rings. The van der Waals surface area contributed by atoms with Crippen LogP contribution in [0.2, 0.25) is 0 Å². The summed E-state index contributed by atoms with van der Waals surface area (Å²) < 4.78 is -2.82. The second-order valence-electron chi connectivity index (χ2n) is 8.54. The van der Waals surface area contributed by atoms with Gasteiger partial charge in [-0.3, -0.25) is 9.59 Å². The summed E-state index contributed by atoms with van der Waals surface area (Å²) in [7, 11) is 49.5. The molecule has 16 radical (unpaired) electrons. The number of nitrogens with two attached hydrogens (primary N) is 1. The van der Waals surface area contributed by atoms with Gasteiger partial charge in [-0.25, -0.2) is 4.98 Å². The number of imidazole rings is 1. The van der Waals surface area contributed by atoms with E-state index < -0.39 is 44.5 Å². The third-order valence-electron chi connectivity index (χ3n) is 5.61. The minimum atomic E-state index is -2.34. The Labute approximate surface area is 230 Å². The maximum absolute atomic E-state index is 12.0. The molecule has 0 fully saturated rings. The van der Waals surface area contributed by atoms with Gasteiger partial charge in [-0.05, 0) is 44.6 Å². The molecule has 1 aromatic heterocycles. The van der Waals surface area contributed by atoms with Gasteiger partial charge in [-0.1, -0.05) is 0 Å². The Morgan fingerprint density at radius 2 is 1.64 bits per heavy atom. The minimum Gasteiger partial charge on any atom is -0.480 e. The van der Waals surface area contributed by atoms with Gasteiger partial charge in [-0.2, -0.15) is 0 Å². The average Bonchev–Trinajstić information content (AvgIpc) is 3.03. The zero-order chi connectivity index (χ0) is 27.9. The molecule has 1 atom stereocenters. The van der Waals surface area contributed by atoms with Gasteiger partial charge in [0.05, 0.1) is 79.8 Å². The van der Waals surface area contributed by atoms with Gasteiger partial charge in [0.25, 0.3) is 0 Å². The van der Waals surface area contributed by atoms with Crippen molar-refractivity contribution in [3.63, 3.8) is 0 Å². The van der Waals surface area contributed by atoms with Crippen molar-refractivity contribution in [3.8, 4) is 0 Å². The van der Waals surface area contributed by atoms with E-state index in [-0.39, 0.29) is 18.5 Å². The van der Waals surface area contributed by atoms with Crippen LogP contribution in [0, 0.1) is 0 Å². The van der Waals surface area contributed by atoms with E-state index in [1.807, 2.05) is 0 Å². The molecule has 1 unspecified atom stereocenters. The molecular formula is C18H17B8Cl2N5O3. The number of alkyl halides is 2. The number of carboxylic acids is 1. The summed E-state index contributed by atoms with van der Waals surface area (Å²) in [5.74, 6) is -1.22. The predicted molar refractivity (Wildman–Crippen MR) is 149 cm³/mol. The zero-order valence-corrected chi connectivity index (χ0v) is 21.0. The number of hydrogen-bond donors (Lipinski definition) is 3. The van der Waals surface area contributed by atoms with E-state index in [9.17, 15) is 9.59 Å². The summed E-state index contributed by atoms with van der Waals surface area (Å²) in [6.45, 7) is -0.532. The molecule has 170 valence electrons. The van der Waals surface area contributed by atoms with E-state index in [1.165, 1.54) is 12.1 Å². The molecule has 8 nitrogen and oxygen atoms in total. The van der Waals surface area contributed by atoms with Gasteiger partial charge in [0.2, 0.25) is 5.91 Å². The third-order valence-corrected chi connectivity index (χ3v) is 6.22. The normalized spacial score (nSPS) is 13.9. The number of carboxylic acid groups (broad SMARTS) is 1. The summed E-state index contributed by atoms with van der Waals surface area (Å²) in [4.78, 5) is 28.0. The van der Waals surface area contributed by atoms with Gasteiger partial charge < -0.3 is 25.6 Å². The molecule has 1 heterocycles. The van der Waals surface area contributed by atoms with Crippen molar-refractivity contribution in [3.05, 3.63) is 24.0 Å². The summed E-state index contributed by atoms with van der Waals surface area (Å²) >= 11 is 12.1. The summed E-state index contributed by atoms with van der Waals surface area (Å²) in [6, 6.07) is 3.73. The SMILES string of the molecule is [B]C([B])(Cl)C([B])([B])N(c1ccc2c(c1)nc(CCC(N)C(=O)NCC(=O)O)n2C)C([B])([B])C([B])([B])Cl. The molecule has 18 heteroatoms. The Kier molecular flexibility index (Phi) is 9.12. The standard InChI is InChI=1S/C18H17B8Cl2N5O3/c1-32-11-4-2-8(33(17(23,24)15(19,20)27)18(25,26)16(21,22)28)6-10(11)31-12(32)5-3-9(29)14(36)30-7-13(34)35/h2,4,6,9H,3,5,7,29H2,1H3,(H,30,36)(H,34,35). The number of amides is 1. The van der Waals surface area contributed by atoms with E-state index in [2.05, 4.69) is 10.3 Å². The zero-order valence-electron chi connectivity index (χ0n) is 19.5. The summed E-state index contributed by atoms with van der Waals surface area (Å²) in [5.41, 5.74) is 7.08. The first-order valence-corrected chi connectivity index (χ1v) is 11.2. The van der Waals surface area contributed by atoms with Crippen LogP contribution in [0.15, 0.2) is 18.2 Å². The summed E-state index contributed by atoms with van der Waals surface area (Å²) in [5, 5.41) is 6.23. The lowest BCUT2D eigenvalue weighted by molar-refractivity contribution is -0.138. The highest BCUT2D eigenvalue weighted by Gasteiger charge is 2.48. The Morgan fingerprint density at radius 3 is 2.11 bits per heavy atom. The van der Waals surface area contributed by atoms with Gasteiger partial charge in [0, 0.05) is 19.2 Å². The van der Waals surface area contributed by atoms with Crippen molar-refractivity contribution in [1.29, 1.82) is 0 Å². The van der Waals surface area contributed by atoms with E-state index in [4.69, 9.17) is 96.8 Å².